The van der Waals surface area contributed by atoms with E-state index in [0.717, 1.165) is 0 Å². The lowest BCUT2D eigenvalue weighted by Gasteiger charge is -2.01. The van der Waals surface area contributed by atoms with Crippen LogP contribution in [0.4, 0.5) is 0 Å². The van der Waals surface area contributed by atoms with Crippen LogP contribution in [-0.2, 0) is 6.42 Å². The van der Waals surface area contributed by atoms with Crippen LogP contribution in [-0.4, -0.2) is 11.5 Å². The first-order chi connectivity index (χ1) is 6.93. The number of rotatable bonds is 7. The van der Waals surface area contributed by atoms with Crippen molar-refractivity contribution in [1.29, 1.82) is 0 Å². The Bertz CT molecular complexity index is 218. The predicted molar refractivity (Wildman–Crippen MR) is 67.0 cm³/mol. The number of thioether (sulfide) groups is 1. The first-order valence-electron chi connectivity index (χ1n) is 5.55. The molecule has 0 fully saturated rings. The van der Waals surface area contributed by atoms with E-state index < -0.39 is 0 Å². The van der Waals surface area contributed by atoms with Gasteiger partial charge in [0.2, 0.25) is 0 Å². The number of unbranched alkanes of at least 4 members (excludes halogenated alkanes) is 2. The molecule has 0 N–H and O–H groups in total. The highest BCUT2D eigenvalue weighted by atomic mass is 32.2. The van der Waals surface area contributed by atoms with Crippen LogP contribution in [0.5, 0.6) is 0 Å². The van der Waals surface area contributed by atoms with Gasteiger partial charge in [0.25, 0.3) is 0 Å². The minimum absolute atomic E-state index is 1.25. The first-order valence-corrected chi connectivity index (χ1v) is 6.70. The van der Waals surface area contributed by atoms with Crippen LogP contribution >= 0.6 is 11.8 Å². The maximum atomic E-state index is 2.23. The third-order valence-corrected chi connectivity index (χ3v) is 3.29. The third kappa shape index (κ3) is 5.33. The van der Waals surface area contributed by atoms with Gasteiger partial charge in [0.1, 0.15) is 0 Å². The number of aryl methyl sites for hydroxylation is 1. The summed E-state index contributed by atoms with van der Waals surface area (Å²) in [5, 5.41) is 0. The van der Waals surface area contributed by atoms with Gasteiger partial charge in [-0.25, -0.2) is 0 Å². The van der Waals surface area contributed by atoms with Gasteiger partial charge in [0.15, 0.2) is 0 Å². The largest absolute Gasteiger partial charge is 0.162 e. The van der Waals surface area contributed by atoms with Crippen molar-refractivity contribution in [3.63, 3.8) is 0 Å². The van der Waals surface area contributed by atoms with Crippen molar-refractivity contribution in [2.45, 2.75) is 32.6 Å². The summed E-state index contributed by atoms with van der Waals surface area (Å²) in [7, 11) is 0. The highest BCUT2D eigenvalue weighted by Crippen LogP contribution is 2.09. The molecule has 0 aliphatic carbocycles. The van der Waals surface area contributed by atoms with E-state index in [2.05, 4.69) is 49.0 Å². The molecule has 0 radical (unpaired) electrons. The second-order valence-electron chi connectivity index (χ2n) is 3.49. The van der Waals surface area contributed by atoms with Gasteiger partial charge in [0, 0.05) is 0 Å². The average Bonchev–Trinajstić information content (AvgIpc) is 2.25. The average molecular weight is 208 g/mol. The summed E-state index contributed by atoms with van der Waals surface area (Å²) in [5.41, 5.74) is 1.48. The summed E-state index contributed by atoms with van der Waals surface area (Å²) in [6.07, 6.45) is 5.35. The van der Waals surface area contributed by atoms with Crippen molar-refractivity contribution in [1.82, 2.24) is 0 Å². The molecule has 1 rings (SSSR count). The molecule has 0 aliphatic rings. The summed E-state index contributed by atoms with van der Waals surface area (Å²) in [6, 6.07) is 10.8. The van der Waals surface area contributed by atoms with Gasteiger partial charge >= 0.3 is 0 Å². The number of benzene rings is 1. The number of hydrogen-bond acceptors (Lipinski definition) is 1. The Morgan fingerprint density at radius 3 is 2.50 bits per heavy atom. The van der Waals surface area contributed by atoms with Gasteiger partial charge in [-0.2, -0.15) is 11.8 Å². The molecular weight excluding hydrogens is 188 g/mol. The molecule has 1 aromatic rings. The van der Waals surface area contributed by atoms with E-state index in [0.29, 0.717) is 0 Å². The van der Waals surface area contributed by atoms with Crippen molar-refractivity contribution >= 4 is 11.8 Å². The molecule has 0 amide bonds. The van der Waals surface area contributed by atoms with Gasteiger partial charge in [-0.1, -0.05) is 43.7 Å². The second-order valence-corrected chi connectivity index (χ2v) is 4.89. The van der Waals surface area contributed by atoms with E-state index in [1.807, 2.05) is 0 Å². The fourth-order valence-corrected chi connectivity index (χ4v) is 2.20. The molecular formula is C13H20S. The highest BCUT2D eigenvalue weighted by Gasteiger charge is 1.92. The second kappa shape index (κ2) is 7.93. The summed E-state index contributed by atoms with van der Waals surface area (Å²) in [4.78, 5) is 0. The van der Waals surface area contributed by atoms with Gasteiger partial charge < -0.3 is 0 Å². The Balaban J connectivity index is 1.99. The highest BCUT2D eigenvalue weighted by molar-refractivity contribution is 7.99. The van der Waals surface area contributed by atoms with Crippen LogP contribution in [0.15, 0.2) is 30.3 Å². The molecule has 1 heteroatoms. The standard InChI is InChI=1S/C13H20S/c1-2-14-12-8-4-7-11-13-9-5-3-6-10-13/h3,5-6,9-10H,2,4,7-8,11-12H2,1H3. The minimum atomic E-state index is 1.25. The Labute approximate surface area is 92.1 Å². The van der Waals surface area contributed by atoms with Crippen LogP contribution in [0.1, 0.15) is 31.7 Å². The zero-order chi connectivity index (χ0) is 10.1. The topological polar surface area (TPSA) is 0 Å². The fraction of sp³-hybridized carbons (Fsp3) is 0.538. The molecule has 0 spiro atoms. The molecule has 0 aliphatic heterocycles. The van der Waals surface area contributed by atoms with Crippen molar-refractivity contribution in [3.8, 4) is 0 Å². The molecule has 0 aromatic heterocycles. The predicted octanol–water partition coefficient (Wildman–Crippen LogP) is 4.15. The third-order valence-electron chi connectivity index (χ3n) is 2.30. The molecule has 0 saturated carbocycles. The molecule has 14 heavy (non-hydrogen) atoms. The molecule has 0 atom stereocenters. The fourth-order valence-electron chi connectivity index (χ4n) is 1.50. The van der Waals surface area contributed by atoms with Crippen LogP contribution < -0.4 is 0 Å². The van der Waals surface area contributed by atoms with Gasteiger partial charge in [-0.05, 0) is 36.3 Å². The molecule has 0 unspecified atom stereocenters. The molecule has 0 nitrogen and oxygen atoms in total. The zero-order valence-corrected chi connectivity index (χ0v) is 9.85. The van der Waals surface area contributed by atoms with Gasteiger partial charge in [-0.3, -0.25) is 0 Å². The molecule has 0 heterocycles. The van der Waals surface area contributed by atoms with Crippen molar-refractivity contribution in [3.05, 3.63) is 35.9 Å². The van der Waals surface area contributed by atoms with Crippen molar-refractivity contribution in [2.75, 3.05) is 11.5 Å². The smallest absolute Gasteiger partial charge is 0.00676 e. The lowest BCUT2D eigenvalue weighted by molar-refractivity contribution is 0.722. The summed E-state index contributed by atoms with van der Waals surface area (Å²) in [5.74, 6) is 2.60. The van der Waals surface area contributed by atoms with E-state index in [-0.39, 0.29) is 0 Å². The quantitative estimate of drug-likeness (QED) is 0.606. The zero-order valence-electron chi connectivity index (χ0n) is 9.04. The van der Waals surface area contributed by atoms with E-state index in [4.69, 9.17) is 0 Å². The van der Waals surface area contributed by atoms with Crippen LogP contribution in [0.25, 0.3) is 0 Å². The van der Waals surface area contributed by atoms with E-state index in [1.165, 1.54) is 42.8 Å². The first kappa shape index (κ1) is 11.6. The van der Waals surface area contributed by atoms with E-state index in [1.54, 1.807) is 0 Å². The lowest BCUT2D eigenvalue weighted by Crippen LogP contribution is -1.86. The van der Waals surface area contributed by atoms with Crippen LogP contribution in [0.2, 0.25) is 0 Å². The molecule has 0 saturated heterocycles. The van der Waals surface area contributed by atoms with Crippen LogP contribution in [0.3, 0.4) is 0 Å². The monoisotopic (exact) mass is 208 g/mol. The van der Waals surface area contributed by atoms with Crippen LogP contribution in [0, 0.1) is 0 Å². The van der Waals surface area contributed by atoms with Gasteiger partial charge in [0.05, 0.1) is 0 Å². The van der Waals surface area contributed by atoms with E-state index >= 15 is 0 Å². The Hall–Kier alpha value is -0.430. The SMILES string of the molecule is CCSCCCCCc1ccccc1. The van der Waals surface area contributed by atoms with E-state index in [9.17, 15) is 0 Å². The van der Waals surface area contributed by atoms with Crippen molar-refractivity contribution < 1.29 is 0 Å². The van der Waals surface area contributed by atoms with Crippen molar-refractivity contribution in [2.24, 2.45) is 0 Å². The lowest BCUT2D eigenvalue weighted by atomic mass is 10.1. The minimum Gasteiger partial charge on any atom is -0.162 e. The maximum Gasteiger partial charge on any atom is -0.00676 e. The Morgan fingerprint density at radius 2 is 1.79 bits per heavy atom. The number of hydrogen-bond donors (Lipinski definition) is 0. The summed E-state index contributed by atoms with van der Waals surface area (Å²) in [6.45, 7) is 2.23. The summed E-state index contributed by atoms with van der Waals surface area (Å²) >= 11 is 2.05. The molecule has 78 valence electrons. The normalized spacial score (nSPS) is 10.4. The Kier molecular flexibility index (Phi) is 6.59. The summed E-state index contributed by atoms with van der Waals surface area (Å²) < 4.78 is 0. The molecule has 0 bridgehead atoms. The Morgan fingerprint density at radius 1 is 1.00 bits per heavy atom. The molecule has 1 aromatic carbocycles. The maximum absolute atomic E-state index is 2.23. The van der Waals surface area contributed by atoms with Gasteiger partial charge in [-0.15, -0.1) is 0 Å².